The van der Waals surface area contributed by atoms with Crippen LogP contribution in [0.5, 0.6) is 0 Å². The monoisotopic (exact) mass is 546 g/mol. The van der Waals surface area contributed by atoms with Crippen molar-refractivity contribution in [2.75, 3.05) is 0 Å². The minimum atomic E-state index is -7.31. The minimum Gasteiger partial charge on any atom is -0.349 e. The molecule has 0 aromatic heterocycles. The van der Waals surface area contributed by atoms with Crippen molar-refractivity contribution in [2.45, 2.75) is 73.4 Å². The normalized spacial score (nSPS) is 19.1. The fourth-order valence-electron chi connectivity index (χ4n) is 1.94. The molecular weight excluding hydrogens is 540 g/mol. The van der Waals surface area contributed by atoms with Crippen molar-refractivity contribution >= 4 is 0 Å². The van der Waals surface area contributed by atoms with Gasteiger partial charge in [-0.05, 0) is 0 Å². The first-order chi connectivity index (χ1) is 14.2. The summed E-state index contributed by atoms with van der Waals surface area (Å²) in [5.74, 6) is -28.8. The van der Waals surface area contributed by atoms with Crippen LogP contribution in [0.4, 0.5) is 87.8 Å². The molecule has 0 N–H and O–H groups in total. The second-order valence-electron chi connectivity index (χ2n) is 6.00. The van der Waals surface area contributed by atoms with Crippen LogP contribution >= 0.6 is 0 Å². The second kappa shape index (κ2) is 9.31. The minimum absolute atomic E-state index is 2.22. The van der Waals surface area contributed by atoms with Crippen molar-refractivity contribution < 1.29 is 92.5 Å². The fraction of sp³-hybridized carbons (Fsp3) is 1.00. The first kappa shape index (κ1) is 31.6. The summed E-state index contributed by atoms with van der Waals surface area (Å²) in [6.45, 7) is 0. The largest absolute Gasteiger partial charge is 0.425 e. The van der Waals surface area contributed by atoms with Crippen LogP contribution in [-0.4, -0.2) is 73.4 Å². The van der Waals surface area contributed by atoms with Crippen LogP contribution in [0.2, 0.25) is 0 Å². The lowest BCUT2D eigenvalue weighted by atomic mass is 9.97. The van der Waals surface area contributed by atoms with Gasteiger partial charge < -0.3 is 4.74 Å². The van der Waals surface area contributed by atoms with Crippen molar-refractivity contribution in [1.29, 1.82) is 0 Å². The van der Waals surface area contributed by atoms with E-state index in [4.69, 9.17) is 0 Å². The van der Waals surface area contributed by atoms with Gasteiger partial charge in [0.05, 0.1) is 0 Å². The molecule has 0 aliphatic heterocycles. The number of rotatable bonds is 10. The summed E-state index contributed by atoms with van der Waals surface area (Å²) in [6.07, 6.45) is -50.4. The molecule has 1 nitrogen and oxygen atoms in total. The topological polar surface area (TPSA) is 9.23 Å². The Bertz CT molecular complexity index is 580. The third-order valence-corrected chi connectivity index (χ3v) is 3.50. The molecule has 0 rings (SSSR count). The number of hydrogen-bond acceptors (Lipinski definition) is 1. The van der Waals surface area contributed by atoms with E-state index in [1.54, 1.807) is 0 Å². The zero-order chi connectivity index (χ0) is 27.2. The SMILES string of the molecule is FC(F)C(F)(F)C(OC(C(F)(F)C(F)F)C(F)(F)C(F)C(F)(F)F)C(F)(F)C(F)C(F)(F)F. The Labute approximate surface area is 167 Å². The predicted octanol–water partition coefficient (Wildman–Crippen LogP) is 6.61. The van der Waals surface area contributed by atoms with Gasteiger partial charge in [-0.15, -0.1) is 0 Å². The molecule has 0 bridgehead atoms. The van der Waals surface area contributed by atoms with E-state index in [0.717, 1.165) is 0 Å². The second-order valence-corrected chi connectivity index (χ2v) is 6.00. The summed E-state index contributed by atoms with van der Waals surface area (Å²) >= 11 is 0. The molecule has 4 unspecified atom stereocenters. The van der Waals surface area contributed by atoms with Crippen molar-refractivity contribution in [3.63, 3.8) is 0 Å². The van der Waals surface area contributed by atoms with Crippen LogP contribution in [0.15, 0.2) is 0 Å². The van der Waals surface area contributed by atoms with Crippen molar-refractivity contribution in [3.05, 3.63) is 0 Å². The van der Waals surface area contributed by atoms with Crippen LogP contribution in [0.25, 0.3) is 0 Å². The van der Waals surface area contributed by atoms with Gasteiger partial charge in [-0.1, -0.05) is 0 Å². The Morgan fingerprint density at radius 3 is 0.727 bits per heavy atom. The first-order valence-electron chi connectivity index (χ1n) is 7.31. The van der Waals surface area contributed by atoms with E-state index >= 15 is 0 Å². The van der Waals surface area contributed by atoms with Crippen molar-refractivity contribution in [3.8, 4) is 0 Å². The molecular formula is C12H6F20O. The summed E-state index contributed by atoms with van der Waals surface area (Å²) in [5, 5.41) is 0. The van der Waals surface area contributed by atoms with E-state index in [-0.39, 0.29) is 0 Å². The summed E-state index contributed by atoms with van der Waals surface area (Å²) in [7, 11) is 0. The summed E-state index contributed by atoms with van der Waals surface area (Å²) < 4.78 is 258. The molecule has 0 aliphatic carbocycles. The van der Waals surface area contributed by atoms with Crippen molar-refractivity contribution in [1.82, 2.24) is 0 Å². The molecule has 0 heterocycles. The fourth-order valence-corrected chi connectivity index (χ4v) is 1.94. The van der Waals surface area contributed by atoms with Gasteiger partial charge in [-0.25, -0.2) is 26.3 Å². The van der Waals surface area contributed by atoms with E-state index in [0.29, 0.717) is 0 Å². The molecule has 21 heteroatoms. The molecule has 0 amide bonds. The van der Waals surface area contributed by atoms with Gasteiger partial charge in [0, 0.05) is 0 Å². The zero-order valence-corrected chi connectivity index (χ0v) is 14.4. The molecule has 200 valence electrons. The lowest BCUT2D eigenvalue weighted by molar-refractivity contribution is -0.376. The number of hydrogen-bond donors (Lipinski definition) is 0. The zero-order valence-electron chi connectivity index (χ0n) is 14.4. The van der Waals surface area contributed by atoms with E-state index in [1.807, 2.05) is 0 Å². The Kier molecular flexibility index (Phi) is 8.90. The van der Waals surface area contributed by atoms with Crippen LogP contribution in [0.3, 0.4) is 0 Å². The van der Waals surface area contributed by atoms with Gasteiger partial charge in [0.15, 0.2) is 12.2 Å². The number of alkyl halides is 20. The standard InChI is InChI=1S/C12H6F20O/c13-1(11(27,28)29)7(19,20)3(9(23,24)5(15)16)33-4(10(25,26)6(17)18)8(21,22)2(14)12(30,31)32/h1-6H. The van der Waals surface area contributed by atoms with E-state index in [9.17, 15) is 87.8 Å². The van der Waals surface area contributed by atoms with Gasteiger partial charge in [0.1, 0.15) is 0 Å². The summed E-state index contributed by atoms with van der Waals surface area (Å²) in [5.41, 5.74) is 0. The average molecular weight is 546 g/mol. The lowest BCUT2D eigenvalue weighted by Crippen LogP contribution is -2.66. The molecule has 0 saturated heterocycles. The molecule has 0 saturated carbocycles. The van der Waals surface area contributed by atoms with Gasteiger partial charge in [0.2, 0.25) is 0 Å². The highest BCUT2D eigenvalue weighted by atomic mass is 19.4. The number of ether oxygens (including phenoxy) is 1. The molecule has 33 heavy (non-hydrogen) atoms. The van der Waals surface area contributed by atoms with Crippen LogP contribution in [-0.2, 0) is 4.74 Å². The van der Waals surface area contributed by atoms with Crippen LogP contribution < -0.4 is 0 Å². The van der Waals surface area contributed by atoms with Crippen LogP contribution in [0, 0.1) is 0 Å². The van der Waals surface area contributed by atoms with E-state index in [1.165, 1.54) is 0 Å². The molecule has 4 atom stereocenters. The van der Waals surface area contributed by atoms with Gasteiger partial charge in [0.25, 0.3) is 12.3 Å². The molecule has 0 aromatic carbocycles. The first-order valence-corrected chi connectivity index (χ1v) is 7.31. The van der Waals surface area contributed by atoms with E-state index < -0.39 is 73.4 Å². The predicted molar refractivity (Wildman–Crippen MR) is 62.4 cm³/mol. The third kappa shape index (κ3) is 6.37. The Hall–Kier alpha value is -1.44. The molecule has 0 radical (unpaired) electrons. The Morgan fingerprint density at radius 1 is 0.364 bits per heavy atom. The lowest BCUT2D eigenvalue weighted by Gasteiger charge is -2.41. The Morgan fingerprint density at radius 2 is 0.576 bits per heavy atom. The van der Waals surface area contributed by atoms with Gasteiger partial charge in [-0.3, -0.25) is 0 Å². The molecule has 0 aromatic rings. The smallest absolute Gasteiger partial charge is 0.349 e. The van der Waals surface area contributed by atoms with Gasteiger partial charge in [-0.2, -0.15) is 61.5 Å². The molecule has 0 fully saturated rings. The highest BCUT2D eigenvalue weighted by Gasteiger charge is 2.75. The van der Waals surface area contributed by atoms with E-state index in [2.05, 4.69) is 4.74 Å². The Balaban J connectivity index is 7.00. The quantitative estimate of drug-likeness (QED) is 0.281. The highest BCUT2D eigenvalue weighted by molar-refractivity contribution is 5.04. The van der Waals surface area contributed by atoms with Crippen molar-refractivity contribution in [2.24, 2.45) is 0 Å². The van der Waals surface area contributed by atoms with Crippen LogP contribution in [0.1, 0.15) is 0 Å². The maximum absolute atomic E-state index is 13.6. The average Bonchev–Trinajstić information content (AvgIpc) is 2.57. The molecule has 0 spiro atoms. The summed E-state index contributed by atoms with van der Waals surface area (Å²) in [6, 6.07) is 0. The van der Waals surface area contributed by atoms with Gasteiger partial charge >= 0.3 is 48.9 Å². The highest BCUT2D eigenvalue weighted by Crippen LogP contribution is 2.50. The number of halogens is 20. The summed E-state index contributed by atoms with van der Waals surface area (Å²) in [4.78, 5) is 0. The molecule has 0 aliphatic rings. The maximum Gasteiger partial charge on any atom is 0.425 e. The third-order valence-electron chi connectivity index (χ3n) is 3.50. The maximum atomic E-state index is 13.6.